The van der Waals surface area contributed by atoms with Gasteiger partial charge in [-0.15, -0.1) is 0 Å². The maximum absolute atomic E-state index is 16.0. The van der Waals surface area contributed by atoms with Gasteiger partial charge in [0.1, 0.15) is 11.6 Å². The largest absolute Gasteiger partial charge is 0.496 e. The highest BCUT2D eigenvalue weighted by Gasteiger charge is 2.29. The molecular weight excluding hydrogens is 712 g/mol. The fourth-order valence-corrected chi connectivity index (χ4v) is 8.81. The number of halogens is 1. The van der Waals surface area contributed by atoms with E-state index in [2.05, 4.69) is 60.6 Å². The number of anilines is 2. The maximum atomic E-state index is 16.0. The fraction of sp³-hybridized carbons (Fsp3) is 0.326. The number of nitrogens with zero attached hydrogens (tertiary/aromatic N) is 6. The lowest BCUT2D eigenvalue weighted by molar-refractivity contribution is -0.120. The summed E-state index contributed by atoms with van der Waals surface area (Å²) in [7, 11) is 3.26. The van der Waals surface area contributed by atoms with Crippen molar-refractivity contribution in [3.8, 4) is 16.9 Å². The van der Waals surface area contributed by atoms with Gasteiger partial charge in [-0.25, -0.2) is 9.18 Å². The molecule has 12 nitrogen and oxygen atoms in total. The molecule has 3 aromatic heterocycles. The highest BCUT2D eigenvalue weighted by atomic mass is 19.1. The molecule has 6 heterocycles. The minimum absolute atomic E-state index is 0.149. The molecule has 6 aromatic rings. The van der Waals surface area contributed by atoms with Crippen molar-refractivity contribution in [2.45, 2.75) is 45.2 Å². The van der Waals surface area contributed by atoms with Crippen LogP contribution in [0.3, 0.4) is 0 Å². The summed E-state index contributed by atoms with van der Waals surface area (Å²) >= 11 is 0. The van der Waals surface area contributed by atoms with Crippen LogP contribution in [0.5, 0.6) is 5.75 Å². The number of urea groups is 1. The molecule has 0 radical (unpaired) electrons. The normalized spacial score (nSPS) is 16.8. The summed E-state index contributed by atoms with van der Waals surface area (Å²) < 4.78 is 23.3. The number of rotatable bonds is 8. The van der Waals surface area contributed by atoms with Crippen LogP contribution in [0.15, 0.2) is 78.0 Å². The van der Waals surface area contributed by atoms with E-state index in [1.54, 1.807) is 44.9 Å². The van der Waals surface area contributed by atoms with Crippen molar-refractivity contribution in [2.75, 3.05) is 43.1 Å². The van der Waals surface area contributed by atoms with Gasteiger partial charge in [0.2, 0.25) is 5.91 Å². The number of imide groups is 1. The molecule has 2 saturated heterocycles. The summed E-state index contributed by atoms with van der Waals surface area (Å²) in [6, 6.07) is 17.6. The zero-order chi connectivity index (χ0) is 38.5. The van der Waals surface area contributed by atoms with Crippen LogP contribution in [0.2, 0.25) is 0 Å². The third-order valence-electron chi connectivity index (χ3n) is 11.8. The summed E-state index contributed by atoms with van der Waals surface area (Å²) in [5, 5.41) is 11.9. The number of methoxy groups -OCH3 is 1. The van der Waals surface area contributed by atoms with Crippen LogP contribution in [0.4, 0.5) is 20.7 Å². The Hall–Kier alpha value is -6.08. The molecule has 0 bridgehead atoms. The molecule has 3 amide bonds. The molecule has 0 aliphatic carbocycles. The number of carbonyl (C=O) groups is 2. The zero-order valence-corrected chi connectivity index (χ0v) is 31.5. The molecule has 13 heteroatoms. The summed E-state index contributed by atoms with van der Waals surface area (Å²) in [5.41, 5.74) is 7.90. The van der Waals surface area contributed by atoms with Gasteiger partial charge in [-0.3, -0.25) is 34.8 Å². The smallest absolute Gasteiger partial charge is 0.329 e. The van der Waals surface area contributed by atoms with Crippen LogP contribution in [0.1, 0.15) is 41.5 Å². The highest BCUT2D eigenvalue weighted by molar-refractivity contribution is 6.09. The monoisotopic (exact) mass is 754 g/mol. The van der Waals surface area contributed by atoms with Crippen LogP contribution in [-0.2, 0) is 37.8 Å². The van der Waals surface area contributed by atoms with Crippen LogP contribution >= 0.6 is 0 Å². The molecule has 3 aromatic carbocycles. The van der Waals surface area contributed by atoms with Crippen LogP contribution in [-0.4, -0.2) is 69.9 Å². The third-order valence-corrected chi connectivity index (χ3v) is 11.8. The number of H-pyrrole nitrogens is 1. The number of piperidine rings is 1. The Kier molecular flexibility index (Phi) is 9.24. The maximum Gasteiger partial charge on any atom is 0.329 e. The lowest BCUT2D eigenvalue weighted by atomic mass is 9.85. The van der Waals surface area contributed by atoms with Crippen molar-refractivity contribution in [2.24, 2.45) is 13.0 Å². The van der Waals surface area contributed by atoms with Crippen LogP contribution in [0.25, 0.3) is 32.8 Å². The first kappa shape index (κ1) is 35.6. The topological polar surface area (TPSA) is 129 Å². The average Bonchev–Trinajstić information content (AvgIpc) is 3.63. The summed E-state index contributed by atoms with van der Waals surface area (Å²) in [6.07, 6.45) is 9.32. The number of hydrogen-bond donors (Lipinski definition) is 2. The van der Waals surface area contributed by atoms with E-state index in [1.165, 1.54) is 26.2 Å². The number of aryl methyl sites for hydroxylation is 1. The Labute approximate surface area is 322 Å². The van der Waals surface area contributed by atoms with Crippen LogP contribution in [0, 0.1) is 11.7 Å². The van der Waals surface area contributed by atoms with Gasteiger partial charge < -0.3 is 14.2 Å². The molecule has 0 saturated carbocycles. The standard InChI is InChI=1S/C43H43FN8O4/c1-49-24-35(32-8-13-45-22-34(32)42(49)54)29-19-37(44)36(39(20-29)56-2)25-50-14-11-31-27(4-3-5-28(31)23-50)18-26-9-15-51(16-10-26)30-6-7-33-38(21-30)47-48-41(33)52-17-12-40(53)46-43(52)55/h3-8,13,19-22,24,26H,9-12,14-18,23,25H2,1-2H3,(H,47,48)(H,46,53,55). The van der Waals surface area contributed by atoms with Crippen molar-refractivity contribution < 1.29 is 18.7 Å². The van der Waals surface area contributed by atoms with E-state index in [-0.39, 0.29) is 23.7 Å². The Morgan fingerprint density at radius 3 is 2.62 bits per heavy atom. The second kappa shape index (κ2) is 14.5. The van der Waals surface area contributed by atoms with Gasteiger partial charge in [-0.2, -0.15) is 5.10 Å². The number of pyridine rings is 2. The Morgan fingerprint density at radius 1 is 0.946 bits per heavy atom. The van der Waals surface area contributed by atoms with E-state index in [0.29, 0.717) is 47.1 Å². The first-order valence-electron chi connectivity index (χ1n) is 19.2. The second-order valence-electron chi connectivity index (χ2n) is 15.2. The molecule has 3 aliphatic rings. The lowest BCUT2D eigenvalue weighted by Crippen LogP contribution is -2.49. The average molecular weight is 755 g/mol. The quantitative estimate of drug-likeness (QED) is 0.191. The second-order valence-corrected chi connectivity index (χ2v) is 15.2. The van der Waals surface area contributed by atoms with Crippen molar-refractivity contribution in [1.82, 2.24) is 30.0 Å². The number of nitrogens with one attached hydrogen (secondary N) is 2. The fourth-order valence-electron chi connectivity index (χ4n) is 8.81. The van der Waals surface area contributed by atoms with E-state index >= 15 is 4.39 Å². The summed E-state index contributed by atoms with van der Waals surface area (Å²) in [5.74, 6) is 1.01. The van der Waals surface area contributed by atoms with E-state index in [4.69, 9.17) is 4.74 Å². The Bertz CT molecular complexity index is 2580. The Morgan fingerprint density at radius 2 is 1.80 bits per heavy atom. The lowest BCUT2D eigenvalue weighted by Gasteiger charge is -2.35. The van der Waals surface area contributed by atoms with Crippen LogP contribution < -0.4 is 25.4 Å². The molecule has 3 aliphatic heterocycles. The number of aromatic amines is 1. The number of ether oxygens (including phenoxy) is 1. The van der Waals surface area contributed by atoms with E-state index in [9.17, 15) is 14.4 Å². The zero-order valence-electron chi connectivity index (χ0n) is 31.5. The number of aromatic nitrogens is 4. The first-order chi connectivity index (χ1) is 27.2. The van der Waals surface area contributed by atoms with Gasteiger partial charge >= 0.3 is 6.03 Å². The third kappa shape index (κ3) is 6.55. The summed E-state index contributed by atoms with van der Waals surface area (Å²) in [4.78, 5) is 47.1. The van der Waals surface area contributed by atoms with Crippen molar-refractivity contribution in [3.63, 3.8) is 0 Å². The molecule has 0 atom stereocenters. The molecule has 9 rings (SSSR count). The number of fused-ring (bicyclic) bond motifs is 3. The molecule has 0 spiro atoms. The van der Waals surface area contributed by atoms with Gasteiger partial charge in [0.15, 0.2) is 5.82 Å². The Balaban J connectivity index is 0.851. The molecular formula is C43H43FN8O4. The number of hydrogen-bond acceptors (Lipinski definition) is 8. The van der Waals surface area contributed by atoms with Crippen molar-refractivity contribution in [3.05, 3.63) is 112 Å². The van der Waals surface area contributed by atoms with Gasteiger partial charge in [0.25, 0.3) is 5.56 Å². The predicted molar refractivity (Wildman–Crippen MR) is 213 cm³/mol. The summed E-state index contributed by atoms with van der Waals surface area (Å²) in [6.45, 7) is 4.21. The molecule has 2 fully saturated rings. The number of benzene rings is 3. The van der Waals surface area contributed by atoms with Crippen molar-refractivity contribution in [1.29, 1.82) is 0 Å². The van der Waals surface area contributed by atoms with E-state index < -0.39 is 6.03 Å². The number of carbonyl (C=O) groups excluding carboxylic acids is 2. The van der Waals surface area contributed by atoms with E-state index in [0.717, 1.165) is 79.4 Å². The van der Waals surface area contributed by atoms with Crippen molar-refractivity contribution >= 4 is 45.1 Å². The SMILES string of the molecule is COc1cc(-c2cn(C)c(=O)c3cnccc23)cc(F)c1CN1CCc2c(CC3CCN(c4ccc5c(N6CCC(=O)NC6=O)n[nH]c5c4)CC3)cccc2C1. The molecule has 286 valence electrons. The highest BCUT2D eigenvalue weighted by Crippen LogP contribution is 2.36. The molecule has 0 unspecified atom stereocenters. The minimum atomic E-state index is -0.441. The molecule has 56 heavy (non-hydrogen) atoms. The van der Waals surface area contributed by atoms with Gasteiger partial charge in [0.05, 0.1) is 18.0 Å². The minimum Gasteiger partial charge on any atom is -0.496 e. The van der Waals surface area contributed by atoms with Gasteiger partial charge in [-0.1, -0.05) is 18.2 Å². The molecule has 2 N–H and O–H groups in total. The first-order valence-corrected chi connectivity index (χ1v) is 19.2. The van der Waals surface area contributed by atoms with Gasteiger partial charge in [0, 0.05) is 93.5 Å². The van der Waals surface area contributed by atoms with Gasteiger partial charge in [-0.05, 0) is 95.6 Å². The number of amides is 3. The predicted octanol–water partition coefficient (Wildman–Crippen LogP) is 6.09. The van der Waals surface area contributed by atoms with E-state index in [1.807, 2.05) is 12.1 Å².